The third-order valence-electron chi connectivity index (χ3n) is 7.36. The first-order valence-electron chi connectivity index (χ1n) is 13.5. The molecule has 1 heterocycles. The van der Waals surface area contributed by atoms with Gasteiger partial charge in [0.2, 0.25) is 0 Å². The largest absolute Gasteiger partial charge is 0.508 e. The second-order valence-corrected chi connectivity index (χ2v) is 10.2. The molecular weight excluding hydrogens is 470 g/mol. The standard InChI is InChI=1S/C29H37N3O5/c33-24-15-20(16-25(34)18-24)19-37-29(36)22-11-6-3-1-2-5-9-21(10-7-4-8-12-22)28(35)23-13-14-26-27(17-23)31-32-30-26/h13-18,21-22,33-34H,1-12,19H2,(H,30,31,32). The van der Waals surface area contributed by atoms with Gasteiger partial charge in [-0.3, -0.25) is 9.59 Å². The Morgan fingerprint density at radius 3 is 2.00 bits per heavy atom. The van der Waals surface area contributed by atoms with Crippen LogP contribution in [0, 0.1) is 11.8 Å². The molecule has 1 saturated carbocycles. The number of hydrogen-bond donors (Lipinski definition) is 3. The van der Waals surface area contributed by atoms with Crippen LogP contribution in [0.25, 0.3) is 11.0 Å². The zero-order valence-electron chi connectivity index (χ0n) is 21.3. The van der Waals surface area contributed by atoms with Crippen molar-refractivity contribution in [2.24, 2.45) is 11.8 Å². The van der Waals surface area contributed by atoms with Crippen LogP contribution in [-0.4, -0.2) is 37.4 Å². The van der Waals surface area contributed by atoms with E-state index < -0.39 is 0 Å². The SMILES string of the molecule is O=C(OCc1cc(O)cc(O)c1)C1CCCCCCCC(C(=O)c2ccc3n[nH]nc3c2)CCCCC1. The third-order valence-corrected chi connectivity index (χ3v) is 7.36. The molecule has 8 heteroatoms. The lowest BCUT2D eigenvalue weighted by molar-refractivity contribution is -0.150. The van der Waals surface area contributed by atoms with Crippen molar-refractivity contribution < 1.29 is 24.5 Å². The van der Waals surface area contributed by atoms with Gasteiger partial charge in [0.05, 0.1) is 5.92 Å². The molecular formula is C29H37N3O5. The van der Waals surface area contributed by atoms with Crippen LogP contribution in [0.4, 0.5) is 0 Å². The highest BCUT2D eigenvalue weighted by molar-refractivity contribution is 6.00. The van der Waals surface area contributed by atoms with E-state index in [-0.39, 0.29) is 41.7 Å². The van der Waals surface area contributed by atoms with Gasteiger partial charge < -0.3 is 14.9 Å². The number of esters is 1. The van der Waals surface area contributed by atoms with Crippen LogP contribution in [0.1, 0.15) is 93.0 Å². The highest BCUT2D eigenvalue weighted by atomic mass is 16.5. The van der Waals surface area contributed by atoms with E-state index in [9.17, 15) is 19.8 Å². The Labute approximate surface area is 217 Å². The molecule has 2 aromatic carbocycles. The molecule has 4 rings (SSSR count). The molecule has 1 aromatic heterocycles. The molecule has 2 unspecified atom stereocenters. The third kappa shape index (κ3) is 7.78. The average Bonchev–Trinajstić information content (AvgIpc) is 3.35. The number of aromatic hydroxyl groups is 2. The number of benzene rings is 2. The number of ether oxygens (including phenoxy) is 1. The average molecular weight is 508 g/mol. The molecule has 1 fully saturated rings. The van der Waals surface area contributed by atoms with E-state index in [0.29, 0.717) is 16.6 Å². The first-order chi connectivity index (χ1) is 18.0. The summed E-state index contributed by atoms with van der Waals surface area (Å²) in [5.41, 5.74) is 2.74. The highest BCUT2D eigenvalue weighted by Crippen LogP contribution is 2.27. The molecule has 37 heavy (non-hydrogen) atoms. The van der Waals surface area contributed by atoms with Crippen LogP contribution in [0.5, 0.6) is 11.5 Å². The molecule has 3 N–H and O–H groups in total. The van der Waals surface area contributed by atoms with E-state index in [1.165, 1.54) is 18.2 Å². The Balaban J connectivity index is 1.31. The van der Waals surface area contributed by atoms with Crippen molar-refractivity contribution in [3.8, 4) is 11.5 Å². The Bertz CT molecular complexity index is 1170. The van der Waals surface area contributed by atoms with Crippen LogP contribution < -0.4 is 0 Å². The lowest BCUT2D eigenvalue weighted by Crippen LogP contribution is -2.18. The molecule has 0 aliphatic heterocycles. The van der Waals surface area contributed by atoms with E-state index in [1.807, 2.05) is 18.2 Å². The molecule has 0 bridgehead atoms. The van der Waals surface area contributed by atoms with Gasteiger partial charge in [-0.05, 0) is 61.6 Å². The number of aromatic amines is 1. The Morgan fingerprint density at radius 1 is 0.757 bits per heavy atom. The van der Waals surface area contributed by atoms with Crippen LogP contribution in [0.15, 0.2) is 36.4 Å². The second-order valence-electron chi connectivity index (χ2n) is 10.2. The number of rotatable bonds is 5. The zero-order valence-corrected chi connectivity index (χ0v) is 21.3. The highest BCUT2D eigenvalue weighted by Gasteiger charge is 2.23. The number of carbonyl (C=O) groups excluding carboxylic acids is 2. The molecule has 3 aromatic rings. The molecule has 198 valence electrons. The first kappa shape index (κ1) is 26.6. The summed E-state index contributed by atoms with van der Waals surface area (Å²) in [5, 5.41) is 30.1. The molecule has 8 nitrogen and oxygen atoms in total. The minimum Gasteiger partial charge on any atom is -0.508 e. The topological polar surface area (TPSA) is 125 Å². The molecule has 2 atom stereocenters. The number of fused-ring (bicyclic) bond motifs is 1. The maximum absolute atomic E-state index is 13.3. The number of nitrogens with one attached hydrogen (secondary N) is 1. The van der Waals surface area contributed by atoms with Crippen LogP contribution in [0.3, 0.4) is 0 Å². The van der Waals surface area contributed by atoms with Gasteiger partial charge in [-0.25, -0.2) is 0 Å². The summed E-state index contributed by atoms with van der Waals surface area (Å²) in [6.07, 6.45) is 11.4. The van der Waals surface area contributed by atoms with Crippen molar-refractivity contribution in [3.63, 3.8) is 0 Å². The summed E-state index contributed by atoms with van der Waals surface area (Å²) < 4.78 is 5.55. The predicted molar refractivity (Wildman–Crippen MR) is 140 cm³/mol. The molecule has 0 saturated heterocycles. The monoisotopic (exact) mass is 507 g/mol. The lowest BCUT2D eigenvalue weighted by atomic mass is 9.86. The number of carbonyl (C=O) groups is 2. The summed E-state index contributed by atoms with van der Waals surface area (Å²) in [6, 6.07) is 9.76. The van der Waals surface area contributed by atoms with Gasteiger partial charge in [0.25, 0.3) is 0 Å². The number of nitrogens with zero attached hydrogens (tertiary/aromatic N) is 2. The summed E-state index contributed by atoms with van der Waals surface area (Å²) >= 11 is 0. The zero-order chi connectivity index (χ0) is 26.0. The summed E-state index contributed by atoms with van der Waals surface area (Å²) in [6.45, 7) is 0.0290. The summed E-state index contributed by atoms with van der Waals surface area (Å²) in [5.74, 6) is -0.283. The Morgan fingerprint density at radius 2 is 1.32 bits per heavy atom. The smallest absolute Gasteiger partial charge is 0.309 e. The predicted octanol–water partition coefficient (Wildman–Crippen LogP) is 6.22. The van der Waals surface area contributed by atoms with E-state index in [0.717, 1.165) is 82.6 Å². The van der Waals surface area contributed by atoms with Gasteiger partial charge in [0.15, 0.2) is 5.78 Å². The maximum Gasteiger partial charge on any atom is 0.309 e. The van der Waals surface area contributed by atoms with Crippen molar-refractivity contribution in [1.29, 1.82) is 0 Å². The van der Waals surface area contributed by atoms with E-state index >= 15 is 0 Å². The fourth-order valence-corrected chi connectivity index (χ4v) is 5.30. The number of H-pyrrole nitrogens is 1. The molecule has 0 amide bonds. The van der Waals surface area contributed by atoms with E-state index in [1.54, 1.807) is 0 Å². The van der Waals surface area contributed by atoms with Gasteiger partial charge >= 0.3 is 5.97 Å². The van der Waals surface area contributed by atoms with Gasteiger partial charge in [-0.15, -0.1) is 0 Å². The van der Waals surface area contributed by atoms with Crippen molar-refractivity contribution in [2.45, 2.75) is 83.7 Å². The van der Waals surface area contributed by atoms with E-state index in [4.69, 9.17) is 4.74 Å². The quantitative estimate of drug-likeness (QED) is 0.276. The van der Waals surface area contributed by atoms with Crippen molar-refractivity contribution in [3.05, 3.63) is 47.5 Å². The van der Waals surface area contributed by atoms with Crippen LogP contribution >= 0.6 is 0 Å². The minimum absolute atomic E-state index is 0.00626. The first-order valence-corrected chi connectivity index (χ1v) is 13.5. The van der Waals surface area contributed by atoms with Gasteiger partial charge in [-0.2, -0.15) is 15.4 Å². The van der Waals surface area contributed by atoms with Crippen LogP contribution in [0.2, 0.25) is 0 Å². The molecule has 1 aliphatic rings. The number of hydrogen-bond acceptors (Lipinski definition) is 7. The normalized spacial score (nSPS) is 20.2. The maximum atomic E-state index is 13.3. The molecule has 1 aliphatic carbocycles. The Hall–Kier alpha value is -3.42. The van der Waals surface area contributed by atoms with Crippen LogP contribution in [-0.2, 0) is 16.1 Å². The van der Waals surface area contributed by atoms with Gasteiger partial charge in [0, 0.05) is 17.5 Å². The number of ketones is 1. The number of phenols is 2. The van der Waals surface area contributed by atoms with Gasteiger partial charge in [-0.1, -0.05) is 51.4 Å². The lowest BCUT2D eigenvalue weighted by Gasteiger charge is -2.19. The second kappa shape index (κ2) is 13.2. The number of Topliss-reactive ketones (excluding diaryl/α,β-unsaturated/α-hetero) is 1. The number of aromatic nitrogens is 3. The fourth-order valence-electron chi connectivity index (χ4n) is 5.30. The summed E-state index contributed by atoms with van der Waals surface area (Å²) in [4.78, 5) is 26.2. The molecule has 0 radical (unpaired) electrons. The minimum atomic E-state index is -0.216. The van der Waals surface area contributed by atoms with Crippen molar-refractivity contribution >= 4 is 22.8 Å². The van der Waals surface area contributed by atoms with Gasteiger partial charge in [0.1, 0.15) is 29.1 Å². The number of phenolic OH excluding ortho intramolecular Hbond substituents is 2. The Kier molecular flexibility index (Phi) is 9.52. The fraction of sp³-hybridized carbons (Fsp3) is 0.517. The molecule has 0 spiro atoms. The van der Waals surface area contributed by atoms with Crippen molar-refractivity contribution in [1.82, 2.24) is 15.4 Å². The van der Waals surface area contributed by atoms with Crippen molar-refractivity contribution in [2.75, 3.05) is 0 Å². The van der Waals surface area contributed by atoms with E-state index in [2.05, 4.69) is 15.4 Å². The summed E-state index contributed by atoms with van der Waals surface area (Å²) in [7, 11) is 0.